The molecule has 1 aromatic heterocycles. The van der Waals surface area contributed by atoms with E-state index in [1.54, 1.807) is 24.3 Å². The summed E-state index contributed by atoms with van der Waals surface area (Å²) >= 11 is 14.1. The Kier molecular flexibility index (Phi) is 3.72. The molecule has 0 saturated heterocycles. The number of benzene rings is 1. The molecule has 0 spiro atoms. The minimum Gasteiger partial charge on any atom is -0.334 e. The van der Waals surface area contributed by atoms with Crippen LogP contribution in [0.25, 0.3) is 0 Å². The van der Waals surface area contributed by atoms with Crippen LogP contribution in [0.5, 0.6) is 0 Å². The van der Waals surface area contributed by atoms with Gasteiger partial charge in [0.05, 0.1) is 8.55 Å². The quantitative estimate of drug-likeness (QED) is 0.818. The fourth-order valence-corrected chi connectivity index (χ4v) is 6.15. The predicted molar refractivity (Wildman–Crippen MR) is 84.9 cm³/mol. The molecule has 3 rings (SSSR count). The van der Waals surface area contributed by atoms with Crippen LogP contribution in [0.15, 0.2) is 43.8 Å². The van der Waals surface area contributed by atoms with Crippen molar-refractivity contribution in [3.8, 4) is 0 Å². The van der Waals surface area contributed by atoms with E-state index in [2.05, 4.69) is 9.71 Å². The molecule has 9 heteroatoms. The summed E-state index contributed by atoms with van der Waals surface area (Å²) in [5.74, 6) is 0. The van der Waals surface area contributed by atoms with Gasteiger partial charge < -0.3 is 5.32 Å². The lowest BCUT2D eigenvalue weighted by molar-refractivity contribution is 0.596. The summed E-state index contributed by atoms with van der Waals surface area (Å²) in [4.78, 5) is 0.166. The number of nitrogens with zero attached hydrogens (tertiary/aromatic N) is 1. The fraction of sp³-hybridized carbons (Fsp3) is 0. The van der Waals surface area contributed by atoms with E-state index in [0.717, 1.165) is 0 Å². The van der Waals surface area contributed by atoms with Crippen molar-refractivity contribution in [1.82, 2.24) is 0 Å². The minimum atomic E-state index is -3.69. The first-order valence-corrected chi connectivity index (χ1v) is 9.12. The Balaban J connectivity index is 1.93. The van der Waals surface area contributed by atoms with Crippen molar-refractivity contribution in [2.75, 3.05) is 5.32 Å². The Morgan fingerprint density at radius 2 is 1.85 bits per heavy atom. The summed E-state index contributed by atoms with van der Waals surface area (Å²) < 4.78 is 28.8. The predicted octanol–water partition coefficient (Wildman–Crippen LogP) is 4.32. The Morgan fingerprint density at radius 3 is 2.55 bits per heavy atom. The number of fused-ring (bicyclic) bond motifs is 1. The van der Waals surface area contributed by atoms with Gasteiger partial charge in [-0.2, -0.15) is 8.42 Å². The maximum Gasteiger partial charge on any atom is 0.286 e. The van der Waals surface area contributed by atoms with Gasteiger partial charge in [0.15, 0.2) is 5.17 Å². The molecule has 0 fully saturated rings. The average Bonchev–Trinajstić information content (AvgIpc) is 2.73. The van der Waals surface area contributed by atoms with E-state index in [9.17, 15) is 8.42 Å². The lowest BCUT2D eigenvalue weighted by atomic mass is 10.3. The molecule has 1 aliphatic rings. The topological polar surface area (TPSA) is 58.5 Å². The smallest absolute Gasteiger partial charge is 0.286 e. The number of rotatable bonds is 1. The summed E-state index contributed by atoms with van der Waals surface area (Å²) in [6.45, 7) is 0. The summed E-state index contributed by atoms with van der Waals surface area (Å²) in [5.41, 5.74) is 0.710. The third kappa shape index (κ3) is 2.82. The molecule has 0 radical (unpaired) electrons. The minimum absolute atomic E-state index is 0.166. The van der Waals surface area contributed by atoms with Gasteiger partial charge in [-0.3, -0.25) is 0 Å². The zero-order chi connectivity index (χ0) is 14.3. The van der Waals surface area contributed by atoms with Gasteiger partial charge in [-0.15, -0.1) is 15.7 Å². The molecule has 0 bridgehead atoms. The van der Waals surface area contributed by atoms with E-state index in [4.69, 9.17) is 23.2 Å². The van der Waals surface area contributed by atoms with Crippen LogP contribution in [0, 0.1) is 0 Å². The normalized spacial score (nSPS) is 16.4. The molecule has 20 heavy (non-hydrogen) atoms. The van der Waals surface area contributed by atoms with E-state index in [-0.39, 0.29) is 4.90 Å². The van der Waals surface area contributed by atoms with Crippen molar-refractivity contribution in [3.05, 3.63) is 39.7 Å². The molecule has 0 saturated carbocycles. The maximum atomic E-state index is 12.0. The second-order valence-corrected chi connectivity index (χ2v) is 8.76. The van der Waals surface area contributed by atoms with E-state index in [1.807, 2.05) is 0 Å². The molecular weight excluding hydrogens is 359 g/mol. The largest absolute Gasteiger partial charge is 0.334 e. The first-order valence-electron chi connectivity index (χ1n) is 5.29. The molecule has 0 unspecified atom stereocenters. The highest BCUT2D eigenvalue weighted by molar-refractivity contribution is 8.17. The van der Waals surface area contributed by atoms with Gasteiger partial charge >= 0.3 is 0 Å². The van der Waals surface area contributed by atoms with Crippen LogP contribution >= 0.6 is 46.3 Å². The maximum absolute atomic E-state index is 12.0. The van der Waals surface area contributed by atoms with Gasteiger partial charge in [0.2, 0.25) is 0 Å². The first kappa shape index (κ1) is 14.2. The summed E-state index contributed by atoms with van der Waals surface area (Å²) in [5, 5.41) is 3.85. The van der Waals surface area contributed by atoms with Gasteiger partial charge in [0.25, 0.3) is 10.0 Å². The highest BCUT2D eigenvalue weighted by Gasteiger charge is 2.28. The molecule has 4 nitrogen and oxygen atoms in total. The van der Waals surface area contributed by atoms with Crippen LogP contribution in [-0.4, -0.2) is 13.6 Å². The standard InChI is InChI=1S/C11H6Cl2N2O2S3/c12-6-1-3-7(4-2-6)14-11-15-20(16,17)8-5-9(13)18-10(8)19-11/h1-5H,(H,14,15). The van der Waals surface area contributed by atoms with Crippen molar-refractivity contribution >= 4 is 67.2 Å². The zero-order valence-electron chi connectivity index (χ0n) is 9.63. The van der Waals surface area contributed by atoms with Crippen LogP contribution in [0.1, 0.15) is 0 Å². The van der Waals surface area contributed by atoms with E-state index < -0.39 is 10.0 Å². The second kappa shape index (κ2) is 5.23. The van der Waals surface area contributed by atoms with Crippen LogP contribution in [-0.2, 0) is 10.0 Å². The van der Waals surface area contributed by atoms with Gasteiger partial charge in [0.1, 0.15) is 4.90 Å². The van der Waals surface area contributed by atoms with Gasteiger partial charge in [-0.25, -0.2) is 0 Å². The number of anilines is 1. The highest BCUT2D eigenvalue weighted by Crippen LogP contribution is 2.42. The zero-order valence-corrected chi connectivity index (χ0v) is 13.6. The molecule has 1 N–H and O–H groups in total. The highest BCUT2D eigenvalue weighted by atomic mass is 35.5. The monoisotopic (exact) mass is 364 g/mol. The molecule has 104 valence electrons. The lowest BCUT2D eigenvalue weighted by Crippen LogP contribution is -2.14. The fourth-order valence-electron chi connectivity index (χ4n) is 1.55. The Labute approximate surface area is 133 Å². The van der Waals surface area contributed by atoms with Gasteiger partial charge in [-0.05, 0) is 42.1 Å². The average molecular weight is 365 g/mol. The van der Waals surface area contributed by atoms with Crippen molar-refractivity contribution in [2.24, 2.45) is 4.40 Å². The van der Waals surface area contributed by atoms with E-state index in [1.165, 1.54) is 29.2 Å². The van der Waals surface area contributed by atoms with Gasteiger partial charge in [-0.1, -0.05) is 23.2 Å². The Bertz CT molecular complexity index is 798. The molecule has 0 atom stereocenters. The lowest BCUT2D eigenvalue weighted by Gasteiger charge is -2.13. The second-order valence-electron chi connectivity index (χ2n) is 3.81. The van der Waals surface area contributed by atoms with E-state index in [0.29, 0.717) is 24.4 Å². The molecule has 0 amide bonds. The van der Waals surface area contributed by atoms with Crippen molar-refractivity contribution < 1.29 is 8.42 Å². The summed E-state index contributed by atoms with van der Waals surface area (Å²) in [6.07, 6.45) is 0. The third-order valence-corrected chi connectivity index (χ3v) is 6.68. The molecule has 0 aliphatic carbocycles. The molecule has 2 heterocycles. The number of halogens is 2. The molecule has 2 aromatic rings. The molecule has 1 aromatic carbocycles. The summed E-state index contributed by atoms with van der Waals surface area (Å²) in [7, 11) is -3.69. The summed E-state index contributed by atoms with van der Waals surface area (Å²) in [6, 6.07) is 8.33. The Morgan fingerprint density at radius 1 is 1.15 bits per heavy atom. The molecule has 1 aliphatic heterocycles. The first-order chi connectivity index (χ1) is 9.44. The van der Waals surface area contributed by atoms with Crippen molar-refractivity contribution in [1.29, 1.82) is 0 Å². The number of thioether (sulfide) groups is 1. The Hall–Kier alpha value is -0.730. The van der Waals surface area contributed by atoms with Crippen molar-refractivity contribution in [3.63, 3.8) is 0 Å². The number of hydrogen-bond acceptors (Lipinski definition) is 5. The van der Waals surface area contributed by atoms with Crippen LogP contribution < -0.4 is 5.32 Å². The van der Waals surface area contributed by atoms with Crippen molar-refractivity contribution in [2.45, 2.75) is 9.10 Å². The van der Waals surface area contributed by atoms with Crippen LogP contribution in [0.2, 0.25) is 9.36 Å². The number of sulfonamides is 1. The molecular formula is C11H6Cl2N2O2S3. The van der Waals surface area contributed by atoms with E-state index >= 15 is 0 Å². The SMILES string of the molecule is O=S1(=O)N=C(Nc2ccc(Cl)cc2)Sc2sc(Cl)cc21. The third-order valence-electron chi connectivity index (χ3n) is 2.40. The number of nitrogens with one attached hydrogen (secondary N) is 1. The van der Waals surface area contributed by atoms with Crippen LogP contribution in [0.4, 0.5) is 5.69 Å². The van der Waals surface area contributed by atoms with Gasteiger partial charge in [0, 0.05) is 10.7 Å². The van der Waals surface area contributed by atoms with Crippen LogP contribution in [0.3, 0.4) is 0 Å². The number of thiophene rings is 1. The number of hydrogen-bond donors (Lipinski definition) is 1. The number of amidine groups is 1.